The second kappa shape index (κ2) is 7.04. The number of carbonyl (C=O) groups is 1. The molecule has 1 fully saturated rings. The predicted molar refractivity (Wildman–Crippen MR) is 96.8 cm³/mol. The molecule has 1 aromatic heterocycles. The normalized spacial score (nSPS) is 16.4. The number of ether oxygens (including phenoxy) is 1. The van der Waals surface area contributed by atoms with Crippen molar-refractivity contribution >= 4 is 16.9 Å². The number of rotatable bonds is 5. The summed E-state index contributed by atoms with van der Waals surface area (Å²) in [7, 11) is 0. The second-order valence-corrected chi connectivity index (χ2v) is 7.45. The van der Waals surface area contributed by atoms with Gasteiger partial charge in [-0.25, -0.2) is 4.98 Å². The summed E-state index contributed by atoms with van der Waals surface area (Å²) >= 11 is 0. The monoisotopic (exact) mass is 345 g/mol. The van der Waals surface area contributed by atoms with E-state index in [9.17, 15) is 9.90 Å². The third kappa shape index (κ3) is 4.31. The van der Waals surface area contributed by atoms with E-state index in [0.29, 0.717) is 31.4 Å². The standard InChI is InChI=1S/C19H27N3O3/c1-4-25-14-5-6-15-16(11-14)21-17(20-15)18(23)22-9-7-13(8-10-22)12-19(2,3)24/h5-6,11,13,24H,4,7-10,12H2,1-3H3,(H,20,21). The minimum Gasteiger partial charge on any atom is -0.494 e. The number of likely N-dealkylation sites (tertiary alicyclic amines) is 1. The number of carbonyl (C=O) groups excluding carboxylic acids is 1. The highest BCUT2D eigenvalue weighted by Gasteiger charge is 2.28. The number of imidazole rings is 1. The first-order valence-electron chi connectivity index (χ1n) is 9.00. The van der Waals surface area contributed by atoms with Gasteiger partial charge in [0.2, 0.25) is 0 Å². The van der Waals surface area contributed by atoms with Crippen molar-refractivity contribution in [1.29, 1.82) is 0 Å². The molecular weight excluding hydrogens is 318 g/mol. The Labute approximate surface area is 148 Å². The molecule has 0 spiro atoms. The van der Waals surface area contributed by atoms with Crippen LogP contribution in [0.5, 0.6) is 5.75 Å². The minimum atomic E-state index is -0.645. The maximum absolute atomic E-state index is 12.7. The van der Waals surface area contributed by atoms with Crippen LogP contribution in [0.15, 0.2) is 18.2 Å². The Bertz CT molecular complexity index is 740. The highest BCUT2D eigenvalue weighted by Crippen LogP contribution is 2.27. The molecule has 2 aromatic rings. The number of piperidine rings is 1. The Kier molecular flexibility index (Phi) is 4.99. The second-order valence-electron chi connectivity index (χ2n) is 7.45. The quantitative estimate of drug-likeness (QED) is 0.873. The average Bonchev–Trinajstić information content (AvgIpc) is 2.97. The molecular formula is C19H27N3O3. The molecule has 0 saturated carbocycles. The Morgan fingerprint density at radius 1 is 1.40 bits per heavy atom. The number of fused-ring (bicyclic) bond motifs is 1. The van der Waals surface area contributed by atoms with Crippen LogP contribution in [-0.4, -0.2) is 51.2 Å². The van der Waals surface area contributed by atoms with Crippen molar-refractivity contribution in [3.8, 4) is 5.75 Å². The highest BCUT2D eigenvalue weighted by molar-refractivity contribution is 5.94. The zero-order valence-electron chi connectivity index (χ0n) is 15.2. The Hall–Kier alpha value is -2.08. The summed E-state index contributed by atoms with van der Waals surface area (Å²) in [6, 6.07) is 5.61. The van der Waals surface area contributed by atoms with Crippen LogP contribution >= 0.6 is 0 Å². The molecule has 1 aliphatic heterocycles. The molecule has 6 nitrogen and oxygen atoms in total. The van der Waals surface area contributed by atoms with E-state index in [-0.39, 0.29) is 5.91 Å². The van der Waals surface area contributed by atoms with Gasteiger partial charge in [-0.2, -0.15) is 0 Å². The van der Waals surface area contributed by atoms with E-state index in [2.05, 4.69) is 9.97 Å². The first-order chi connectivity index (χ1) is 11.9. The van der Waals surface area contributed by atoms with Crippen molar-refractivity contribution in [1.82, 2.24) is 14.9 Å². The Balaban J connectivity index is 1.66. The lowest BCUT2D eigenvalue weighted by atomic mass is 9.86. The van der Waals surface area contributed by atoms with Crippen LogP contribution in [0.25, 0.3) is 11.0 Å². The van der Waals surface area contributed by atoms with Gasteiger partial charge in [0.25, 0.3) is 5.91 Å². The SMILES string of the molecule is CCOc1ccc2[nH]c(C(=O)N3CCC(CC(C)(C)O)CC3)nc2c1. The van der Waals surface area contributed by atoms with Crippen LogP contribution in [-0.2, 0) is 0 Å². The fourth-order valence-corrected chi connectivity index (χ4v) is 3.54. The number of H-pyrrole nitrogens is 1. The summed E-state index contributed by atoms with van der Waals surface area (Å²) in [6.45, 7) is 7.64. The molecule has 25 heavy (non-hydrogen) atoms. The van der Waals surface area contributed by atoms with E-state index in [1.165, 1.54) is 0 Å². The van der Waals surface area contributed by atoms with Gasteiger partial charge in [0.15, 0.2) is 5.82 Å². The van der Waals surface area contributed by atoms with Gasteiger partial charge in [0.1, 0.15) is 5.75 Å². The van der Waals surface area contributed by atoms with E-state index in [4.69, 9.17) is 4.74 Å². The van der Waals surface area contributed by atoms with E-state index in [1.807, 2.05) is 43.9 Å². The topological polar surface area (TPSA) is 78.5 Å². The maximum Gasteiger partial charge on any atom is 0.289 e. The number of benzene rings is 1. The minimum absolute atomic E-state index is 0.0594. The summed E-state index contributed by atoms with van der Waals surface area (Å²) in [5, 5.41) is 9.96. The van der Waals surface area contributed by atoms with Gasteiger partial charge in [-0.3, -0.25) is 4.79 Å². The van der Waals surface area contributed by atoms with Crippen molar-refractivity contribution in [3.63, 3.8) is 0 Å². The molecule has 0 aliphatic carbocycles. The van der Waals surface area contributed by atoms with Crippen LogP contribution in [0.4, 0.5) is 0 Å². The highest BCUT2D eigenvalue weighted by atomic mass is 16.5. The van der Waals surface area contributed by atoms with Crippen molar-refractivity contribution in [2.24, 2.45) is 5.92 Å². The van der Waals surface area contributed by atoms with Crippen LogP contribution in [0.3, 0.4) is 0 Å². The molecule has 1 aliphatic rings. The van der Waals surface area contributed by atoms with Gasteiger partial charge in [-0.1, -0.05) is 0 Å². The molecule has 3 rings (SSSR count). The molecule has 1 aromatic carbocycles. The number of hydrogen-bond donors (Lipinski definition) is 2. The van der Waals surface area contributed by atoms with E-state index in [1.54, 1.807) is 0 Å². The van der Waals surface area contributed by atoms with Crippen LogP contribution in [0.2, 0.25) is 0 Å². The number of aromatic amines is 1. The van der Waals surface area contributed by atoms with Gasteiger partial charge in [-0.05, 0) is 58.1 Å². The van der Waals surface area contributed by atoms with Gasteiger partial charge in [0, 0.05) is 19.2 Å². The molecule has 0 radical (unpaired) electrons. The number of hydrogen-bond acceptors (Lipinski definition) is 4. The third-order valence-electron chi connectivity index (χ3n) is 4.66. The van der Waals surface area contributed by atoms with Gasteiger partial charge in [0.05, 0.1) is 23.2 Å². The third-order valence-corrected chi connectivity index (χ3v) is 4.66. The Morgan fingerprint density at radius 2 is 2.12 bits per heavy atom. The summed E-state index contributed by atoms with van der Waals surface area (Å²) in [6.07, 6.45) is 2.62. The van der Waals surface area contributed by atoms with Gasteiger partial charge in [-0.15, -0.1) is 0 Å². The summed E-state index contributed by atoms with van der Waals surface area (Å²) in [4.78, 5) is 22.1. The van der Waals surface area contributed by atoms with Gasteiger partial charge >= 0.3 is 0 Å². The molecule has 1 saturated heterocycles. The first-order valence-corrected chi connectivity index (χ1v) is 9.00. The first kappa shape index (κ1) is 17.7. The number of aromatic nitrogens is 2. The molecule has 6 heteroatoms. The number of amides is 1. The maximum atomic E-state index is 12.7. The van der Waals surface area contributed by atoms with Crippen LogP contribution in [0.1, 0.15) is 50.7 Å². The average molecular weight is 345 g/mol. The van der Waals surface area contributed by atoms with Crippen LogP contribution < -0.4 is 4.74 Å². The number of nitrogens with one attached hydrogen (secondary N) is 1. The molecule has 0 atom stereocenters. The molecule has 2 heterocycles. The van der Waals surface area contributed by atoms with E-state index >= 15 is 0 Å². The largest absolute Gasteiger partial charge is 0.494 e. The summed E-state index contributed by atoms with van der Waals surface area (Å²) in [5.41, 5.74) is 0.934. The molecule has 2 N–H and O–H groups in total. The number of aliphatic hydroxyl groups is 1. The lowest BCUT2D eigenvalue weighted by molar-refractivity contribution is 0.0355. The molecule has 136 valence electrons. The molecule has 1 amide bonds. The molecule has 0 unspecified atom stereocenters. The Morgan fingerprint density at radius 3 is 2.76 bits per heavy atom. The lowest BCUT2D eigenvalue weighted by Gasteiger charge is -2.34. The molecule has 0 bridgehead atoms. The number of nitrogens with zero attached hydrogens (tertiary/aromatic N) is 2. The van der Waals surface area contributed by atoms with Crippen molar-refractivity contribution in [2.45, 2.75) is 45.6 Å². The fraction of sp³-hybridized carbons (Fsp3) is 0.579. The van der Waals surface area contributed by atoms with Crippen LogP contribution in [0, 0.1) is 5.92 Å². The van der Waals surface area contributed by atoms with Crippen molar-refractivity contribution < 1.29 is 14.6 Å². The fourth-order valence-electron chi connectivity index (χ4n) is 3.54. The van der Waals surface area contributed by atoms with E-state index < -0.39 is 5.60 Å². The van der Waals surface area contributed by atoms with Crippen molar-refractivity contribution in [3.05, 3.63) is 24.0 Å². The lowest BCUT2D eigenvalue weighted by Crippen LogP contribution is -2.40. The van der Waals surface area contributed by atoms with Gasteiger partial charge < -0.3 is 19.7 Å². The predicted octanol–water partition coefficient (Wildman–Crippen LogP) is 2.97. The van der Waals surface area contributed by atoms with Crippen molar-refractivity contribution in [2.75, 3.05) is 19.7 Å². The smallest absolute Gasteiger partial charge is 0.289 e. The zero-order chi connectivity index (χ0) is 18.0. The summed E-state index contributed by atoms with van der Waals surface area (Å²) in [5.74, 6) is 1.54. The van der Waals surface area contributed by atoms with E-state index in [0.717, 1.165) is 36.0 Å². The zero-order valence-corrected chi connectivity index (χ0v) is 15.2. The summed E-state index contributed by atoms with van der Waals surface area (Å²) < 4.78 is 5.48.